The lowest BCUT2D eigenvalue weighted by molar-refractivity contribution is -0.136. The number of carboxylic acid groups (broad SMARTS) is 1. The largest absolute Gasteiger partial charge is 0.481 e. The van der Waals surface area contributed by atoms with Crippen molar-refractivity contribution in [1.82, 2.24) is 0 Å². The predicted octanol–water partition coefficient (Wildman–Crippen LogP) is 2.27. The number of nitrogens with zero attached hydrogens (tertiary/aromatic N) is 1. The number of hydrogen-bond donors (Lipinski definition) is 1. The van der Waals surface area contributed by atoms with Crippen molar-refractivity contribution in [2.45, 2.75) is 31.6 Å². The third kappa shape index (κ3) is 2.72. The summed E-state index contributed by atoms with van der Waals surface area (Å²) in [5.74, 6) is -0.0450. The van der Waals surface area contributed by atoms with Crippen LogP contribution in [0.2, 0.25) is 0 Å². The van der Waals surface area contributed by atoms with Crippen molar-refractivity contribution in [2.24, 2.45) is 0 Å². The van der Waals surface area contributed by atoms with Crippen molar-refractivity contribution in [1.29, 1.82) is 0 Å². The number of anilines is 1. The van der Waals surface area contributed by atoms with Crippen LogP contribution in [0.3, 0.4) is 0 Å². The van der Waals surface area contributed by atoms with Gasteiger partial charge in [0, 0.05) is 12.6 Å². The molecule has 0 spiro atoms. The van der Waals surface area contributed by atoms with Crippen LogP contribution in [0.1, 0.15) is 22.6 Å². The van der Waals surface area contributed by atoms with E-state index in [9.17, 15) is 13.2 Å². The van der Waals surface area contributed by atoms with Crippen LogP contribution in [0.4, 0.5) is 5.69 Å². The molecule has 6 nitrogen and oxygen atoms in total. The molecule has 7 heteroatoms. The highest BCUT2D eigenvalue weighted by Crippen LogP contribution is 2.35. The Labute approximate surface area is 134 Å². The lowest BCUT2D eigenvalue weighted by Gasteiger charge is -2.19. The van der Waals surface area contributed by atoms with Gasteiger partial charge >= 0.3 is 5.97 Å². The molecule has 2 heterocycles. The van der Waals surface area contributed by atoms with E-state index >= 15 is 0 Å². The zero-order chi connectivity index (χ0) is 16.8. The van der Waals surface area contributed by atoms with E-state index < -0.39 is 16.0 Å². The smallest absolute Gasteiger partial charge is 0.307 e. The first-order chi connectivity index (χ1) is 10.8. The molecule has 0 amide bonds. The molecule has 2 aromatic rings. The first-order valence-corrected chi connectivity index (χ1v) is 8.66. The van der Waals surface area contributed by atoms with Crippen molar-refractivity contribution in [2.75, 3.05) is 10.8 Å². The molecule has 1 aromatic heterocycles. The third-order valence-corrected chi connectivity index (χ3v) is 5.84. The van der Waals surface area contributed by atoms with Gasteiger partial charge in [-0.3, -0.25) is 9.10 Å². The van der Waals surface area contributed by atoms with Crippen molar-refractivity contribution in [3.05, 3.63) is 46.9 Å². The number of fused-ring (bicyclic) bond motifs is 1. The zero-order valence-corrected chi connectivity index (χ0v) is 13.7. The Balaban J connectivity index is 2.04. The van der Waals surface area contributed by atoms with Crippen molar-refractivity contribution >= 4 is 21.7 Å². The second kappa shape index (κ2) is 5.42. The van der Waals surface area contributed by atoms with E-state index in [0.29, 0.717) is 35.7 Å². The summed E-state index contributed by atoms with van der Waals surface area (Å²) in [6, 6.07) is 6.70. The fraction of sp³-hybridized carbons (Fsp3) is 0.312. The minimum absolute atomic E-state index is 0.134. The second-order valence-corrected chi connectivity index (χ2v) is 7.47. The van der Waals surface area contributed by atoms with Gasteiger partial charge in [-0.25, -0.2) is 8.42 Å². The van der Waals surface area contributed by atoms with Gasteiger partial charge in [0.25, 0.3) is 10.0 Å². The Hall–Kier alpha value is -2.28. The molecule has 0 bridgehead atoms. The molecular weight excluding hydrogens is 318 g/mol. The van der Waals surface area contributed by atoms with Crippen LogP contribution in [-0.2, 0) is 27.7 Å². The SMILES string of the molecule is Cc1cc(S(=O)(=O)N2CCc3ccc(CC(=O)O)cc32)c(C)o1. The van der Waals surface area contributed by atoms with Gasteiger partial charge in [0.15, 0.2) is 0 Å². The normalized spacial score (nSPS) is 14.1. The van der Waals surface area contributed by atoms with E-state index in [0.717, 1.165) is 5.56 Å². The van der Waals surface area contributed by atoms with E-state index in [1.54, 1.807) is 32.0 Å². The van der Waals surface area contributed by atoms with E-state index in [1.807, 2.05) is 0 Å². The Kier molecular flexibility index (Phi) is 3.68. The molecule has 122 valence electrons. The lowest BCUT2D eigenvalue weighted by Crippen LogP contribution is -2.29. The maximum absolute atomic E-state index is 12.9. The van der Waals surface area contributed by atoms with Gasteiger partial charge in [-0.2, -0.15) is 0 Å². The predicted molar refractivity (Wildman–Crippen MR) is 84.2 cm³/mol. The number of carbonyl (C=O) groups is 1. The van der Waals surface area contributed by atoms with Crippen LogP contribution in [0.5, 0.6) is 0 Å². The van der Waals surface area contributed by atoms with E-state index in [2.05, 4.69) is 0 Å². The number of carboxylic acids is 1. The molecule has 0 aliphatic carbocycles. The van der Waals surface area contributed by atoms with Crippen LogP contribution in [-0.4, -0.2) is 26.0 Å². The fourth-order valence-electron chi connectivity index (χ4n) is 2.91. The van der Waals surface area contributed by atoms with Crippen molar-refractivity contribution in [3.63, 3.8) is 0 Å². The molecule has 0 atom stereocenters. The number of benzene rings is 1. The average molecular weight is 335 g/mol. The molecule has 1 N–H and O–H groups in total. The average Bonchev–Trinajstić information content (AvgIpc) is 3.01. The number of rotatable bonds is 4. The third-order valence-electron chi connectivity index (χ3n) is 3.92. The molecule has 1 aliphatic rings. The number of furan rings is 1. The summed E-state index contributed by atoms with van der Waals surface area (Å²) < 4.78 is 32.5. The molecule has 0 saturated heterocycles. The molecule has 1 aliphatic heterocycles. The molecule has 0 fully saturated rings. The summed E-state index contributed by atoms with van der Waals surface area (Å²) in [5.41, 5.74) is 2.04. The van der Waals surface area contributed by atoms with Gasteiger partial charge < -0.3 is 9.52 Å². The molecular formula is C16H17NO5S. The Morgan fingerprint density at radius 3 is 2.65 bits per heavy atom. The van der Waals surface area contributed by atoms with Crippen LogP contribution >= 0.6 is 0 Å². The fourth-order valence-corrected chi connectivity index (χ4v) is 4.63. The van der Waals surface area contributed by atoms with Crippen LogP contribution in [0, 0.1) is 13.8 Å². The quantitative estimate of drug-likeness (QED) is 0.926. The molecule has 1 aromatic carbocycles. The first-order valence-electron chi connectivity index (χ1n) is 7.22. The highest BCUT2D eigenvalue weighted by atomic mass is 32.2. The topological polar surface area (TPSA) is 87.8 Å². The van der Waals surface area contributed by atoms with Gasteiger partial charge in [0.2, 0.25) is 0 Å². The van der Waals surface area contributed by atoms with Gasteiger partial charge in [-0.05, 0) is 37.5 Å². The van der Waals surface area contributed by atoms with Gasteiger partial charge in [-0.15, -0.1) is 0 Å². The summed E-state index contributed by atoms with van der Waals surface area (Å²) in [6.07, 6.45) is 0.475. The Bertz CT molecular complexity index is 882. The van der Waals surface area contributed by atoms with E-state index in [-0.39, 0.29) is 11.3 Å². The van der Waals surface area contributed by atoms with Crippen molar-refractivity contribution < 1.29 is 22.7 Å². The Morgan fingerprint density at radius 1 is 1.30 bits per heavy atom. The zero-order valence-electron chi connectivity index (χ0n) is 12.9. The summed E-state index contributed by atoms with van der Waals surface area (Å²) >= 11 is 0. The van der Waals surface area contributed by atoms with Crippen molar-refractivity contribution in [3.8, 4) is 0 Å². The van der Waals surface area contributed by atoms with Gasteiger partial charge in [0.05, 0.1) is 12.1 Å². The molecule has 0 unspecified atom stereocenters. The summed E-state index contributed by atoms with van der Waals surface area (Å²) in [5, 5.41) is 8.91. The summed E-state index contributed by atoms with van der Waals surface area (Å²) in [7, 11) is -3.72. The monoisotopic (exact) mass is 335 g/mol. The molecule has 0 radical (unpaired) electrons. The maximum Gasteiger partial charge on any atom is 0.307 e. The highest BCUT2D eigenvalue weighted by molar-refractivity contribution is 7.92. The molecule has 3 rings (SSSR count). The first kappa shape index (κ1) is 15.6. The summed E-state index contributed by atoms with van der Waals surface area (Å²) in [6.45, 7) is 3.67. The second-order valence-electron chi connectivity index (χ2n) is 5.64. The number of hydrogen-bond acceptors (Lipinski definition) is 4. The minimum Gasteiger partial charge on any atom is -0.481 e. The maximum atomic E-state index is 12.9. The number of sulfonamides is 1. The van der Waals surface area contributed by atoms with E-state index in [4.69, 9.17) is 9.52 Å². The van der Waals surface area contributed by atoms with Gasteiger partial charge in [0.1, 0.15) is 16.4 Å². The van der Waals surface area contributed by atoms with Crippen LogP contribution < -0.4 is 4.31 Å². The Morgan fingerprint density at radius 2 is 2.04 bits per heavy atom. The van der Waals surface area contributed by atoms with Gasteiger partial charge in [-0.1, -0.05) is 12.1 Å². The van der Waals surface area contributed by atoms with Crippen LogP contribution in [0.25, 0.3) is 0 Å². The van der Waals surface area contributed by atoms with E-state index in [1.165, 1.54) is 10.4 Å². The minimum atomic E-state index is -3.72. The summed E-state index contributed by atoms with van der Waals surface area (Å²) in [4.78, 5) is 11.0. The van der Waals surface area contributed by atoms with Crippen LogP contribution in [0.15, 0.2) is 33.6 Å². The molecule has 0 saturated carbocycles. The highest BCUT2D eigenvalue weighted by Gasteiger charge is 2.33. The standard InChI is InChI=1S/C16H17NO5S/c1-10-7-15(11(2)22-10)23(20,21)17-6-5-13-4-3-12(8-14(13)17)9-16(18)19/h3-4,7-8H,5-6,9H2,1-2H3,(H,18,19). The number of aryl methyl sites for hydroxylation is 2. The molecule has 23 heavy (non-hydrogen) atoms. The number of aliphatic carboxylic acids is 1. The lowest BCUT2D eigenvalue weighted by atomic mass is 10.1.